The van der Waals surface area contributed by atoms with Crippen molar-refractivity contribution in [2.24, 2.45) is 0 Å². The molecule has 1 aromatic carbocycles. The van der Waals surface area contributed by atoms with Crippen LogP contribution in [-0.4, -0.2) is 13.0 Å². The van der Waals surface area contributed by atoms with Gasteiger partial charge in [0, 0.05) is 16.6 Å². The summed E-state index contributed by atoms with van der Waals surface area (Å²) < 4.78 is 6.06. The number of nitrogens with one attached hydrogen (secondary N) is 1. The van der Waals surface area contributed by atoms with Crippen LogP contribution in [0.5, 0.6) is 5.75 Å². The van der Waals surface area contributed by atoms with Gasteiger partial charge in [0.2, 0.25) is 0 Å². The van der Waals surface area contributed by atoms with Gasteiger partial charge in [0.15, 0.2) is 0 Å². The average Bonchev–Trinajstić information content (AvgIpc) is 2.82. The highest BCUT2D eigenvalue weighted by atomic mass is 79.9. The van der Waals surface area contributed by atoms with Gasteiger partial charge in [-0.25, -0.2) is 0 Å². The number of thiophene rings is 1. The average molecular weight is 326 g/mol. The molecule has 0 unspecified atom stereocenters. The molecule has 0 aliphatic carbocycles. The zero-order valence-electron chi connectivity index (χ0n) is 9.77. The molecule has 0 aliphatic heterocycles. The van der Waals surface area contributed by atoms with Crippen LogP contribution in [0, 0.1) is 0 Å². The summed E-state index contributed by atoms with van der Waals surface area (Å²) >= 11 is 4.76. The Morgan fingerprint density at radius 3 is 2.83 bits per heavy atom. The Hall–Kier alpha value is -1.33. The minimum absolute atomic E-state index is 0.0808. The van der Waals surface area contributed by atoms with E-state index in [1.165, 1.54) is 11.3 Å². The van der Waals surface area contributed by atoms with Crippen LogP contribution >= 0.6 is 27.3 Å². The van der Waals surface area contributed by atoms with E-state index < -0.39 is 0 Å². The van der Waals surface area contributed by atoms with Crippen molar-refractivity contribution in [2.45, 2.75) is 6.54 Å². The molecule has 1 heterocycles. The first-order valence-electron chi connectivity index (χ1n) is 5.35. The molecule has 1 amide bonds. The zero-order valence-corrected chi connectivity index (χ0v) is 12.2. The van der Waals surface area contributed by atoms with Gasteiger partial charge >= 0.3 is 0 Å². The summed E-state index contributed by atoms with van der Waals surface area (Å²) in [6.45, 7) is 0.452. The Balaban J connectivity index is 2.04. The third-order valence-electron chi connectivity index (χ3n) is 2.46. The molecule has 0 saturated carbocycles. The van der Waals surface area contributed by atoms with Crippen LogP contribution in [-0.2, 0) is 6.54 Å². The van der Waals surface area contributed by atoms with Crippen molar-refractivity contribution in [3.05, 3.63) is 50.6 Å². The topological polar surface area (TPSA) is 38.3 Å². The van der Waals surface area contributed by atoms with E-state index >= 15 is 0 Å². The molecule has 1 N–H and O–H groups in total. The third kappa shape index (κ3) is 2.91. The first-order valence-corrected chi connectivity index (χ1v) is 7.02. The lowest BCUT2D eigenvalue weighted by Gasteiger charge is -2.09. The van der Waals surface area contributed by atoms with Crippen molar-refractivity contribution in [1.29, 1.82) is 0 Å². The normalized spacial score (nSPS) is 10.1. The van der Waals surface area contributed by atoms with Gasteiger partial charge in [-0.2, -0.15) is 0 Å². The number of halogens is 1. The molecule has 18 heavy (non-hydrogen) atoms. The van der Waals surface area contributed by atoms with E-state index in [9.17, 15) is 4.79 Å². The molecule has 3 nitrogen and oxygen atoms in total. The van der Waals surface area contributed by atoms with Gasteiger partial charge in [0.05, 0.1) is 7.11 Å². The molecule has 0 fully saturated rings. The summed E-state index contributed by atoms with van der Waals surface area (Å²) in [6, 6.07) is 9.50. The van der Waals surface area contributed by atoms with Gasteiger partial charge in [0.1, 0.15) is 10.6 Å². The summed E-state index contributed by atoms with van der Waals surface area (Å²) in [6.07, 6.45) is 0. The second-order valence-corrected chi connectivity index (χ2v) is 5.36. The van der Waals surface area contributed by atoms with Crippen LogP contribution in [0.25, 0.3) is 0 Å². The van der Waals surface area contributed by atoms with E-state index in [4.69, 9.17) is 4.74 Å². The van der Waals surface area contributed by atoms with Crippen molar-refractivity contribution in [3.63, 3.8) is 0 Å². The molecule has 2 aromatic rings. The van der Waals surface area contributed by atoms with Gasteiger partial charge in [0.25, 0.3) is 5.91 Å². The number of carbonyl (C=O) groups is 1. The predicted molar refractivity (Wildman–Crippen MR) is 76.2 cm³/mol. The highest BCUT2D eigenvalue weighted by molar-refractivity contribution is 9.10. The van der Waals surface area contributed by atoms with E-state index in [1.807, 2.05) is 35.7 Å². The van der Waals surface area contributed by atoms with E-state index in [0.717, 1.165) is 15.8 Å². The minimum atomic E-state index is -0.0808. The van der Waals surface area contributed by atoms with Crippen molar-refractivity contribution >= 4 is 33.2 Å². The number of rotatable bonds is 4. The van der Waals surface area contributed by atoms with Crippen molar-refractivity contribution in [3.8, 4) is 5.75 Å². The van der Waals surface area contributed by atoms with Crippen LogP contribution in [0.4, 0.5) is 0 Å². The number of hydrogen-bond acceptors (Lipinski definition) is 3. The lowest BCUT2D eigenvalue weighted by Crippen LogP contribution is -2.22. The second kappa shape index (κ2) is 6.02. The molecule has 0 aliphatic rings. The van der Waals surface area contributed by atoms with Gasteiger partial charge in [-0.1, -0.05) is 18.2 Å². The van der Waals surface area contributed by atoms with Crippen LogP contribution in [0.2, 0.25) is 0 Å². The largest absolute Gasteiger partial charge is 0.496 e. The molecule has 0 saturated heterocycles. The molecule has 0 spiro atoms. The second-order valence-electron chi connectivity index (χ2n) is 3.59. The van der Waals surface area contributed by atoms with Gasteiger partial charge in [-0.15, -0.1) is 11.3 Å². The van der Waals surface area contributed by atoms with Crippen molar-refractivity contribution < 1.29 is 9.53 Å². The summed E-state index contributed by atoms with van der Waals surface area (Å²) in [5.41, 5.74) is 0.959. The Morgan fingerprint density at radius 1 is 1.39 bits per heavy atom. The van der Waals surface area contributed by atoms with Crippen LogP contribution in [0.3, 0.4) is 0 Å². The van der Waals surface area contributed by atoms with E-state index in [0.29, 0.717) is 11.4 Å². The number of para-hydroxylation sites is 1. The Labute approximate surface area is 118 Å². The SMILES string of the molecule is COc1ccccc1CNC(=O)c1sccc1Br. The fraction of sp³-hybridized carbons (Fsp3) is 0.154. The van der Waals surface area contributed by atoms with E-state index in [-0.39, 0.29) is 5.91 Å². The number of amides is 1. The summed E-state index contributed by atoms with van der Waals surface area (Å²) in [4.78, 5) is 12.6. The monoisotopic (exact) mass is 325 g/mol. The van der Waals surface area contributed by atoms with Gasteiger partial charge in [-0.3, -0.25) is 4.79 Å². The highest BCUT2D eigenvalue weighted by Crippen LogP contribution is 2.23. The molecule has 0 bridgehead atoms. The van der Waals surface area contributed by atoms with E-state index in [1.54, 1.807) is 7.11 Å². The molecular formula is C13H12BrNO2S. The summed E-state index contributed by atoms with van der Waals surface area (Å²) in [5.74, 6) is 0.700. The Kier molecular flexibility index (Phi) is 4.38. The Morgan fingerprint density at radius 2 is 2.17 bits per heavy atom. The third-order valence-corrected chi connectivity index (χ3v) is 4.29. The maximum Gasteiger partial charge on any atom is 0.262 e. The molecule has 1 aromatic heterocycles. The van der Waals surface area contributed by atoms with Crippen LogP contribution in [0.1, 0.15) is 15.2 Å². The molecule has 5 heteroatoms. The fourth-order valence-corrected chi connectivity index (χ4v) is 3.03. The lowest BCUT2D eigenvalue weighted by molar-refractivity contribution is 0.0954. The number of hydrogen-bond donors (Lipinski definition) is 1. The maximum absolute atomic E-state index is 11.9. The molecule has 0 atom stereocenters. The number of benzene rings is 1. The number of carbonyl (C=O) groups excluding carboxylic acids is 1. The number of ether oxygens (including phenoxy) is 1. The maximum atomic E-state index is 11.9. The first-order chi connectivity index (χ1) is 8.72. The van der Waals surface area contributed by atoms with Crippen molar-refractivity contribution in [2.75, 3.05) is 7.11 Å². The summed E-state index contributed by atoms with van der Waals surface area (Å²) in [5, 5.41) is 4.76. The Bertz CT molecular complexity index is 553. The molecule has 94 valence electrons. The highest BCUT2D eigenvalue weighted by Gasteiger charge is 2.11. The molecule has 2 rings (SSSR count). The van der Waals surface area contributed by atoms with Crippen LogP contribution in [0.15, 0.2) is 40.2 Å². The lowest BCUT2D eigenvalue weighted by atomic mass is 10.2. The quantitative estimate of drug-likeness (QED) is 0.935. The van der Waals surface area contributed by atoms with Crippen LogP contribution < -0.4 is 10.1 Å². The zero-order chi connectivity index (χ0) is 13.0. The standard InChI is InChI=1S/C13H12BrNO2S/c1-17-11-5-3-2-4-9(11)8-15-13(16)12-10(14)6-7-18-12/h2-7H,8H2,1H3,(H,15,16). The fourth-order valence-electron chi connectivity index (χ4n) is 1.56. The number of methoxy groups -OCH3 is 1. The minimum Gasteiger partial charge on any atom is -0.496 e. The smallest absolute Gasteiger partial charge is 0.262 e. The molecular weight excluding hydrogens is 314 g/mol. The van der Waals surface area contributed by atoms with Gasteiger partial charge in [-0.05, 0) is 33.4 Å². The first kappa shape index (κ1) is 13.1. The van der Waals surface area contributed by atoms with Gasteiger partial charge < -0.3 is 10.1 Å². The summed E-state index contributed by atoms with van der Waals surface area (Å²) in [7, 11) is 1.62. The predicted octanol–water partition coefficient (Wildman–Crippen LogP) is 3.45. The van der Waals surface area contributed by atoms with Crippen molar-refractivity contribution in [1.82, 2.24) is 5.32 Å². The molecule has 0 radical (unpaired) electrons. The van der Waals surface area contributed by atoms with E-state index in [2.05, 4.69) is 21.2 Å².